The largest absolute Gasteiger partial charge is 0.384 e. The summed E-state index contributed by atoms with van der Waals surface area (Å²) in [6, 6.07) is 6.80. The maximum absolute atomic E-state index is 3.59. The highest BCUT2D eigenvalue weighted by Crippen LogP contribution is 2.25. The summed E-state index contributed by atoms with van der Waals surface area (Å²) in [5, 5.41) is 7.02. The molecule has 0 unspecified atom stereocenters. The van der Waals surface area contributed by atoms with E-state index in [-0.39, 0.29) is 0 Å². The molecular weight excluding hydrogens is 220 g/mol. The fraction of sp³-hybridized carbons (Fsp3) is 0.625. The molecule has 0 bridgehead atoms. The molecular formula is C16H26N2. The van der Waals surface area contributed by atoms with Crippen molar-refractivity contribution in [1.29, 1.82) is 0 Å². The third-order valence-electron chi connectivity index (χ3n) is 4.36. The van der Waals surface area contributed by atoms with Crippen LogP contribution in [0.1, 0.15) is 38.8 Å². The van der Waals surface area contributed by atoms with E-state index in [1.54, 1.807) is 0 Å². The van der Waals surface area contributed by atoms with Crippen LogP contribution in [0.25, 0.3) is 0 Å². The maximum atomic E-state index is 3.59. The van der Waals surface area contributed by atoms with E-state index in [9.17, 15) is 0 Å². The summed E-state index contributed by atoms with van der Waals surface area (Å²) in [7, 11) is 0. The second-order valence-corrected chi connectivity index (χ2v) is 6.42. The number of hydrogen-bond donors (Lipinski definition) is 2. The van der Waals surface area contributed by atoms with E-state index < -0.39 is 0 Å². The normalized spacial score (nSPS) is 14.7. The number of fused-ring (bicyclic) bond motifs is 1. The van der Waals surface area contributed by atoms with Gasteiger partial charge in [0.2, 0.25) is 0 Å². The van der Waals surface area contributed by atoms with Crippen LogP contribution < -0.4 is 10.6 Å². The predicted molar refractivity (Wildman–Crippen MR) is 79.0 cm³/mol. The molecule has 2 N–H and O–H groups in total. The van der Waals surface area contributed by atoms with Crippen molar-refractivity contribution >= 4 is 5.69 Å². The fourth-order valence-corrected chi connectivity index (χ4v) is 2.18. The lowest BCUT2D eigenvalue weighted by Crippen LogP contribution is -2.33. The molecule has 1 heterocycles. The highest BCUT2D eigenvalue weighted by Gasteiger charge is 2.21. The molecule has 2 nitrogen and oxygen atoms in total. The SMILES string of the molecule is CC(C)C(C)(C)CNCc1ccc2c(c1)NCC2. The lowest BCUT2D eigenvalue weighted by Gasteiger charge is -2.29. The van der Waals surface area contributed by atoms with Gasteiger partial charge in [0.05, 0.1) is 0 Å². The van der Waals surface area contributed by atoms with E-state index in [4.69, 9.17) is 0 Å². The number of nitrogens with one attached hydrogen (secondary N) is 2. The number of rotatable bonds is 5. The molecule has 0 fully saturated rings. The maximum Gasteiger partial charge on any atom is 0.0376 e. The zero-order valence-electron chi connectivity index (χ0n) is 12.1. The van der Waals surface area contributed by atoms with Crippen molar-refractivity contribution in [3.05, 3.63) is 29.3 Å². The lowest BCUT2D eigenvalue weighted by molar-refractivity contribution is 0.238. The molecule has 2 rings (SSSR count). The topological polar surface area (TPSA) is 24.1 Å². The molecule has 0 aliphatic carbocycles. The van der Waals surface area contributed by atoms with Crippen molar-refractivity contribution in [2.45, 2.75) is 40.7 Å². The zero-order chi connectivity index (χ0) is 13.2. The Bertz CT molecular complexity index is 408. The van der Waals surface area contributed by atoms with Crippen LogP contribution in [0.15, 0.2) is 18.2 Å². The van der Waals surface area contributed by atoms with Crippen molar-refractivity contribution in [2.75, 3.05) is 18.4 Å². The van der Waals surface area contributed by atoms with Crippen LogP contribution in [0.5, 0.6) is 0 Å². The van der Waals surface area contributed by atoms with Gasteiger partial charge in [-0.1, -0.05) is 39.8 Å². The molecule has 0 atom stereocenters. The predicted octanol–water partition coefficient (Wildman–Crippen LogP) is 3.43. The van der Waals surface area contributed by atoms with Gasteiger partial charge in [-0.2, -0.15) is 0 Å². The Balaban J connectivity index is 1.87. The van der Waals surface area contributed by atoms with Crippen LogP contribution in [-0.4, -0.2) is 13.1 Å². The number of hydrogen-bond acceptors (Lipinski definition) is 2. The summed E-state index contributed by atoms with van der Waals surface area (Å²) in [5.41, 5.74) is 4.52. The number of anilines is 1. The van der Waals surface area contributed by atoms with E-state index in [2.05, 4.69) is 56.5 Å². The third-order valence-corrected chi connectivity index (χ3v) is 4.36. The van der Waals surface area contributed by atoms with E-state index >= 15 is 0 Å². The molecule has 2 heteroatoms. The van der Waals surface area contributed by atoms with Crippen molar-refractivity contribution in [3.8, 4) is 0 Å². The summed E-state index contributed by atoms with van der Waals surface area (Å²) >= 11 is 0. The fourth-order valence-electron chi connectivity index (χ4n) is 2.18. The molecule has 1 aliphatic rings. The molecule has 100 valence electrons. The minimum absolute atomic E-state index is 0.356. The Labute approximate surface area is 111 Å². The monoisotopic (exact) mass is 246 g/mol. The molecule has 0 saturated heterocycles. The van der Waals surface area contributed by atoms with Gasteiger partial charge in [0.1, 0.15) is 0 Å². The molecule has 1 aliphatic heterocycles. The third kappa shape index (κ3) is 3.05. The summed E-state index contributed by atoms with van der Waals surface area (Å²) in [4.78, 5) is 0. The van der Waals surface area contributed by atoms with Crippen molar-refractivity contribution in [3.63, 3.8) is 0 Å². The second-order valence-electron chi connectivity index (χ2n) is 6.42. The second kappa shape index (κ2) is 5.31. The molecule has 0 spiro atoms. The quantitative estimate of drug-likeness (QED) is 0.832. The van der Waals surface area contributed by atoms with Gasteiger partial charge in [-0.25, -0.2) is 0 Å². The van der Waals surface area contributed by atoms with Crippen LogP contribution in [-0.2, 0) is 13.0 Å². The highest BCUT2D eigenvalue weighted by molar-refractivity contribution is 5.56. The minimum Gasteiger partial charge on any atom is -0.384 e. The van der Waals surface area contributed by atoms with Gasteiger partial charge in [0.15, 0.2) is 0 Å². The zero-order valence-corrected chi connectivity index (χ0v) is 12.1. The Morgan fingerprint density at radius 2 is 2.11 bits per heavy atom. The molecule has 1 aromatic rings. The summed E-state index contributed by atoms with van der Waals surface area (Å²) in [6.07, 6.45) is 1.17. The van der Waals surface area contributed by atoms with Gasteiger partial charge in [-0.3, -0.25) is 0 Å². The molecule has 0 amide bonds. The Kier molecular flexibility index (Phi) is 3.96. The average Bonchev–Trinajstić information content (AvgIpc) is 2.75. The summed E-state index contributed by atoms with van der Waals surface area (Å²) < 4.78 is 0. The smallest absolute Gasteiger partial charge is 0.0376 e. The van der Waals surface area contributed by atoms with E-state index in [1.807, 2.05) is 0 Å². The van der Waals surface area contributed by atoms with Gasteiger partial charge in [0.25, 0.3) is 0 Å². The molecule has 0 radical (unpaired) electrons. The molecule has 0 aromatic heterocycles. The van der Waals surface area contributed by atoms with Crippen molar-refractivity contribution in [1.82, 2.24) is 5.32 Å². The summed E-state index contributed by atoms with van der Waals surface area (Å²) in [6.45, 7) is 12.4. The number of benzene rings is 1. The van der Waals surface area contributed by atoms with E-state index in [1.165, 1.54) is 23.2 Å². The molecule has 1 aromatic carbocycles. The summed E-state index contributed by atoms with van der Waals surface area (Å²) in [5.74, 6) is 0.701. The Morgan fingerprint density at radius 3 is 2.83 bits per heavy atom. The lowest BCUT2D eigenvalue weighted by atomic mass is 9.81. The van der Waals surface area contributed by atoms with Gasteiger partial charge in [-0.05, 0) is 34.9 Å². The Morgan fingerprint density at radius 1 is 1.33 bits per heavy atom. The van der Waals surface area contributed by atoms with Crippen LogP contribution in [0.4, 0.5) is 5.69 Å². The molecule has 0 saturated carbocycles. The first-order valence-electron chi connectivity index (χ1n) is 7.05. The Hall–Kier alpha value is -1.02. The van der Waals surface area contributed by atoms with Gasteiger partial charge < -0.3 is 10.6 Å². The van der Waals surface area contributed by atoms with Crippen LogP contribution in [0.3, 0.4) is 0 Å². The van der Waals surface area contributed by atoms with Gasteiger partial charge in [0, 0.05) is 25.3 Å². The highest BCUT2D eigenvalue weighted by atomic mass is 14.9. The van der Waals surface area contributed by atoms with Crippen LogP contribution >= 0.6 is 0 Å². The first-order chi connectivity index (χ1) is 8.49. The first kappa shape index (κ1) is 13.4. The molecule has 18 heavy (non-hydrogen) atoms. The van der Waals surface area contributed by atoms with Crippen LogP contribution in [0, 0.1) is 11.3 Å². The minimum atomic E-state index is 0.356. The van der Waals surface area contributed by atoms with Crippen molar-refractivity contribution < 1.29 is 0 Å². The average molecular weight is 246 g/mol. The van der Waals surface area contributed by atoms with Gasteiger partial charge >= 0.3 is 0 Å². The standard InChI is InChI=1S/C16H26N2/c1-12(2)16(3,4)11-17-10-13-5-6-14-7-8-18-15(14)9-13/h5-6,9,12,17-18H,7-8,10-11H2,1-4H3. The van der Waals surface area contributed by atoms with Gasteiger partial charge in [-0.15, -0.1) is 0 Å². The van der Waals surface area contributed by atoms with E-state index in [0.29, 0.717) is 11.3 Å². The first-order valence-corrected chi connectivity index (χ1v) is 7.05. The van der Waals surface area contributed by atoms with Crippen LogP contribution in [0.2, 0.25) is 0 Å². The van der Waals surface area contributed by atoms with Crippen molar-refractivity contribution in [2.24, 2.45) is 11.3 Å². The van der Waals surface area contributed by atoms with E-state index in [0.717, 1.165) is 19.6 Å².